The van der Waals surface area contributed by atoms with Crippen LogP contribution in [0.4, 0.5) is 5.82 Å². The van der Waals surface area contributed by atoms with Gasteiger partial charge in [0.15, 0.2) is 0 Å². The third-order valence-corrected chi connectivity index (χ3v) is 2.79. The molecular weight excluding hydrogens is 212 g/mol. The maximum absolute atomic E-state index is 8.70. The molecule has 0 spiro atoms. The molecular formula is C14H24N2O. The number of rotatable bonds is 4. The molecule has 2 N–H and O–H groups in total. The Morgan fingerprint density at radius 2 is 2.12 bits per heavy atom. The minimum absolute atomic E-state index is 0.281. The highest BCUT2D eigenvalue weighted by molar-refractivity contribution is 5.46. The second-order valence-electron chi connectivity index (χ2n) is 4.02. The molecule has 2 heterocycles. The zero-order valence-corrected chi connectivity index (χ0v) is 11.0. The van der Waals surface area contributed by atoms with Gasteiger partial charge in [0, 0.05) is 18.8 Å². The summed E-state index contributed by atoms with van der Waals surface area (Å²) in [5.74, 6) is 1.07. The first kappa shape index (κ1) is 14.0. The molecule has 1 aliphatic heterocycles. The van der Waals surface area contributed by atoms with Crippen LogP contribution in [0.1, 0.15) is 44.4 Å². The first-order valence-electron chi connectivity index (χ1n) is 6.73. The highest BCUT2D eigenvalue weighted by Crippen LogP contribution is 2.20. The van der Waals surface area contributed by atoms with Gasteiger partial charge in [0.05, 0.1) is 0 Å². The van der Waals surface area contributed by atoms with Crippen LogP contribution in [0, 0.1) is 0 Å². The Morgan fingerprint density at radius 1 is 1.29 bits per heavy atom. The molecule has 17 heavy (non-hydrogen) atoms. The lowest BCUT2D eigenvalue weighted by Crippen LogP contribution is -2.14. The van der Waals surface area contributed by atoms with Gasteiger partial charge in [0.25, 0.3) is 0 Å². The van der Waals surface area contributed by atoms with Gasteiger partial charge in [0.1, 0.15) is 5.82 Å². The van der Waals surface area contributed by atoms with E-state index in [0.717, 1.165) is 43.7 Å². The van der Waals surface area contributed by atoms with E-state index in [1.807, 2.05) is 13.8 Å². The largest absolute Gasteiger partial charge is 0.396 e. The summed E-state index contributed by atoms with van der Waals surface area (Å²) in [6.07, 6.45) is 5.20. The zero-order chi connectivity index (χ0) is 12.5. The Labute approximate surface area is 104 Å². The number of fused-ring (bicyclic) bond motifs is 1. The van der Waals surface area contributed by atoms with E-state index in [1.165, 1.54) is 12.0 Å². The standard InChI is InChI=1S/C12H18N2O.C2H6/c15-9-2-1-5-11-7-6-10-4-3-8-13-12(10)14-11;1-2/h6-7,15H,1-5,8-9H2,(H,13,14);1-2H3. The van der Waals surface area contributed by atoms with Crippen molar-refractivity contribution in [3.63, 3.8) is 0 Å². The van der Waals surface area contributed by atoms with Crippen molar-refractivity contribution in [1.29, 1.82) is 0 Å². The number of hydrogen-bond donors (Lipinski definition) is 2. The number of aliphatic hydroxyl groups is 1. The molecule has 0 bridgehead atoms. The van der Waals surface area contributed by atoms with E-state index in [1.54, 1.807) is 0 Å². The second-order valence-corrected chi connectivity index (χ2v) is 4.02. The van der Waals surface area contributed by atoms with Crippen molar-refractivity contribution in [1.82, 2.24) is 4.98 Å². The molecule has 96 valence electrons. The summed E-state index contributed by atoms with van der Waals surface area (Å²) < 4.78 is 0. The smallest absolute Gasteiger partial charge is 0.129 e. The van der Waals surface area contributed by atoms with Gasteiger partial charge in [0.2, 0.25) is 0 Å². The fourth-order valence-electron chi connectivity index (χ4n) is 1.93. The van der Waals surface area contributed by atoms with Crippen molar-refractivity contribution in [2.45, 2.75) is 46.0 Å². The molecule has 0 fully saturated rings. The summed E-state index contributed by atoms with van der Waals surface area (Å²) in [6, 6.07) is 4.30. The summed E-state index contributed by atoms with van der Waals surface area (Å²) in [5.41, 5.74) is 2.48. The third-order valence-electron chi connectivity index (χ3n) is 2.79. The quantitative estimate of drug-likeness (QED) is 0.790. The number of anilines is 1. The Kier molecular flexibility index (Phi) is 6.63. The summed E-state index contributed by atoms with van der Waals surface area (Å²) in [7, 11) is 0. The maximum atomic E-state index is 8.70. The van der Waals surface area contributed by atoms with Crippen molar-refractivity contribution in [3.8, 4) is 0 Å². The summed E-state index contributed by atoms with van der Waals surface area (Å²) in [6.45, 7) is 5.32. The van der Waals surface area contributed by atoms with Crippen molar-refractivity contribution in [3.05, 3.63) is 23.4 Å². The molecule has 0 amide bonds. The molecule has 2 rings (SSSR count). The van der Waals surface area contributed by atoms with Crippen molar-refractivity contribution in [2.75, 3.05) is 18.5 Å². The van der Waals surface area contributed by atoms with Gasteiger partial charge in [-0.2, -0.15) is 0 Å². The number of nitrogens with zero attached hydrogens (tertiary/aromatic N) is 1. The van der Waals surface area contributed by atoms with Gasteiger partial charge in [-0.25, -0.2) is 4.98 Å². The molecule has 0 aromatic carbocycles. The zero-order valence-electron chi connectivity index (χ0n) is 11.0. The lowest BCUT2D eigenvalue weighted by atomic mass is 10.1. The molecule has 3 heteroatoms. The molecule has 0 radical (unpaired) electrons. The van der Waals surface area contributed by atoms with Crippen molar-refractivity contribution in [2.24, 2.45) is 0 Å². The maximum Gasteiger partial charge on any atom is 0.129 e. The van der Waals surface area contributed by atoms with E-state index in [0.29, 0.717) is 0 Å². The minimum Gasteiger partial charge on any atom is -0.396 e. The molecule has 1 aromatic heterocycles. The molecule has 0 saturated carbocycles. The fraction of sp³-hybridized carbons (Fsp3) is 0.643. The normalized spacial score (nSPS) is 13.1. The van der Waals surface area contributed by atoms with Gasteiger partial charge >= 0.3 is 0 Å². The van der Waals surface area contributed by atoms with Crippen LogP contribution < -0.4 is 5.32 Å². The van der Waals surface area contributed by atoms with Gasteiger partial charge in [-0.05, 0) is 43.7 Å². The van der Waals surface area contributed by atoms with Crippen molar-refractivity contribution >= 4 is 5.82 Å². The predicted octanol–water partition coefficient (Wildman–Crippen LogP) is 2.78. The van der Waals surface area contributed by atoms with Crippen molar-refractivity contribution < 1.29 is 5.11 Å². The number of aromatic nitrogens is 1. The van der Waals surface area contributed by atoms with Crippen LogP contribution in [0.5, 0.6) is 0 Å². The number of pyridine rings is 1. The number of unbranched alkanes of at least 4 members (excludes halogenated alkanes) is 1. The molecule has 3 nitrogen and oxygen atoms in total. The molecule has 0 aliphatic carbocycles. The summed E-state index contributed by atoms with van der Waals surface area (Å²) in [5, 5.41) is 12.0. The minimum atomic E-state index is 0.281. The summed E-state index contributed by atoms with van der Waals surface area (Å²) in [4.78, 5) is 4.59. The first-order chi connectivity index (χ1) is 8.40. The van der Waals surface area contributed by atoms with Gasteiger partial charge < -0.3 is 10.4 Å². The van der Waals surface area contributed by atoms with Gasteiger partial charge in [-0.1, -0.05) is 19.9 Å². The van der Waals surface area contributed by atoms with Crippen LogP contribution in [0.25, 0.3) is 0 Å². The van der Waals surface area contributed by atoms with Crippen LogP contribution in [0.2, 0.25) is 0 Å². The number of nitrogens with one attached hydrogen (secondary N) is 1. The van der Waals surface area contributed by atoms with E-state index < -0.39 is 0 Å². The predicted molar refractivity (Wildman–Crippen MR) is 72.4 cm³/mol. The number of aliphatic hydroxyl groups excluding tert-OH is 1. The highest BCUT2D eigenvalue weighted by atomic mass is 16.2. The number of hydrogen-bond acceptors (Lipinski definition) is 3. The van der Waals surface area contributed by atoms with Gasteiger partial charge in [-0.15, -0.1) is 0 Å². The van der Waals surface area contributed by atoms with E-state index >= 15 is 0 Å². The van der Waals surface area contributed by atoms with Crippen LogP contribution in [-0.4, -0.2) is 23.2 Å². The van der Waals surface area contributed by atoms with Crippen LogP contribution in [0.3, 0.4) is 0 Å². The SMILES string of the molecule is CC.OCCCCc1ccc2c(n1)NCCC2. The average Bonchev–Trinajstić information content (AvgIpc) is 2.41. The molecule has 0 saturated heterocycles. The third kappa shape index (κ3) is 4.35. The topological polar surface area (TPSA) is 45.2 Å². The highest BCUT2D eigenvalue weighted by Gasteiger charge is 2.09. The lowest BCUT2D eigenvalue weighted by Gasteiger charge is -2.17. The molecule has 0 atom stereocenters. The molecule has 0 unspecified atom stereocenters. The summed E-state index contributed by atoms with van der Waals surface area (Å²) >= 11 is 0. The Hall–Kier alpha value is -1.09. The Morgan fingerprint density at radius 3 is 2.88 bits per heavy atom. The average molecular weight is 236 g/mol. The number of aryl methyl sites for hydroxylation is 2. The fourth-order valence-corrected chi connectivity index (χ4v) is 1.93. The van der Waals surface area contributed by atoms with Crippen LogP contribution in [-0.2, 0) is 12.8 Å². The molecule has 1 aliphatic rings. The second kappa shape index (κ2) is 8.07. The Balaban J connectivity index is 0.000000686. The Bertz CT molecular complexity index is 326. The van der Waals surface area contributed by atoms with Crippen LogP contribution in [0.15, 0.2) is 12.1 Å². The van der Waals surface area contributed by atoms with Crippen LogP contribution >= 0.6 is 0 Å². The van der Waals surface area contributed by atoms with E-state index in [-0.39, 0.29) is 6.61 Å². The first-order valence-corrected chi connectivity index (χ1v) is 6.73. The lowest BCUT2D eigenvalue weighted by molar-refractivity contribution is 0.284. The van der Waals surface area contributed by atoms with E-state index in [2.05, 4.69) is 22.4 Å². The van der Waals surface area contributed by atoms with E-state index in [4.69, 9.17) is 5.11 Å². The monoisotopic (exact) mass is 236 g/mol. The van der Waals surface area contributed by atoms with Gasteiger partial charge in [-0.3, -0.25) is 0 Å². The van der Waals surface area contributed by atoms with E-state index in [9.17, 15) is 0 Å². The molecule has 1 aromatic rings.